The van der Waals surface area contributed by atoms with Gasteiger partial charge in [-0.2, -0.15) is 0 Å². The quantitative estimate of drug-likeness (QED) is 0.613. The highest BCUT2D eigenvalue weighted by Crippen LogP contribution is 2.23. The molecule has 0 aromatic carbocycles. The minimum atomic E-state index is -0.534. The molecule has 0 fully saturated rings. The van der Waals surface area contributed by atoms with Gasteiger partial charge in [0.05, 0.1) is 11.1 Å². The van der Waals surface area contributed by atoms with Crippen LogP contribution >= 0.6 is 0 Å². The Morgan fingerprint density at radius 1 is 1.36 bits per heavy atom. The highest BCUT2D eigenvalue weighted by atomic mass is 16.5. The molecular formula is C19H26N4O2. The Hall–Kier alpha value is -2.50. The molecule has 0 radical (unpaired) electrons. The minimum Gasteiger partial charge on any atom is -0.443 e. The molecule has 134 valence electrons. The maximum absolute atomic E-state index is 12.0. The van der Waals surface area contributed by atoms with E-state index < -0.39 is 5.41 Å². The van der Waals surface area contributed by atoms with Gasteiger partial charge in [0.1, 0.15) is 12.0 Å². The van der Waals surface area contributed by atoms with Gasteiger partial charge >= 0.3 is 5.97 Å². The number of aromatic nitrogens is 3. The molecule has 2 rings (SSSR count). The number of esters is 1. The monoisotopic (exact) mass is 342 g/mol. The summed E-state index contributed by atoms with van der Waals surface area (Å²) >= 11 is 0. The highest BCUT2D eigenvalue weighted by Gasteiger charge is 2.23. The molecule has 0 aliphatic rings. The molecule has 2 aromatic heterocycles. The Kier molecular flexibility index (Phi) is 5.72. The van der Waals surface area contributed by atoms with Crippen LogP contribution in [-0.2, 0) is 16.3 Å². The van der Waals surface area contributed by atoms with Gasteiger partial charge in [0.25, 0.3) is 0 Å². The molecule has 0 spiro atoms. The number of carbonyl (C=O) groups excluding carboxylic acids is 1. The largest absolute Gasteiger partial charge is 0.443 e. The number of hydrogen-bond donors (Lipinski definition) is 0. The third kappa shape index (κ3) is 4.53. The second-order valence-corrected chi connectivity index (χ2v) is 7.31. The Labute approximate surface area is 148 Å². The van der Waals surface area contributed by atoms with Crippen molar-refractivity contribution in [3.63, 3.8) is 0 Å². The molecule has 0 aliphatic carbocycles. The van der Waals surface area contributed by atoms with Crippen molar-refractivity contribution in [2.24, 2.45) is 16.3 Å². The van der Waals surface area contributed by atoms with Crippen LogP contribution in [0.2, 0.25) is 0 Å². The second kappa shape index (κ2) is 7.59. The molecule has 0 aliphatic heterocycles. The van der Waals surface area contributed by atoms with Crippen molar-refractivity contribution in [2.45, 2.75) is 41.3 Å². The van der Waals surface area contributed by atoms with Gasteiger partial charge in [-0.15, -0.1) is 0 Å². The van der Waals surface area contributed by atoms with E-state index in [1.54, 1.807) is 17.8 Å². The summed E-state index contributed by atoms with van der Waals surface area (Å²) < 4.78 is 7.20. The van der Waals surface area contributed by atoms with Crippen molar-refractivity contribution >= 4 is 28.8 Å². The van der Waals surface area contributed by atoms with E-state index in [9.17, 15) is 4.79 Å². The third-order valence-electron chi connectivity index (χ3n) is 3.56. The summed E-state index contributed by atoms with van der Waals surface area (Å²) in [6.07, 6.45) is 7.30. The normalized spacial score (nSPS) is 13.2. The van der Waals surface area contributed by atoms with E-state index in [1.165, 1.54) is 6.33 Å². The molecule has 0 saturated carbocycles. The van der Waals surface area contributed by atoms with Gasteiger partial charge in [0, 0.05) is 30.4 Å². The van der Waals surface area contributed by atoms with Crippen LogP contribution in [0.4, 0.5) is 0 Å². The fourth-order valence-electron chi connectivity index (χ4n) is 2.36. The lowest BCUT2D eigenvalue weighted by Crippen LogP contribution is -2.23. The average Bonchev–Trinajstić information content (AvgIpc) is 2.94. The fraction of sp³-hybridized carbons (Fsp3) is 0.474. The third-order valence-corrected chi connectivity index (χ3v) is 3.56. The molecule has 0 amide bonds. The van der Waals surface area contributed by atoms with E-state index in [1.807, 2.05) is 33.0 Å². The van der Waals surface area contributed by atoms with Gasteiger partial charge in [-0.05, 0) is 32.8 Å². The van der Waals surface area contributed by atoms with Crippen LogP contribution < -0.4 is 0 Å². The van der Waals surface area contributed by atoms with Crippen molar-refractivity contribution < 1.29 is 9.53 Å². The lowest BCUT2D eigenvalue weighted by molar-refractivity contribution is -0.156. The lowest BCUT2D eigenvalue weighted by atomic mass is 9.98. The van der Waals surface area contributed by atoms with Crippen LogP contribution in [0, 0.1) is 11.3 Å². The predicted octanol–water partition coefficient (Wildman–Crippen LogP) is 3.72. The summed E-state index contributed by atoms with van der Waals surface area (Å²) in [4.78, 5) is 24.9. The molecule has 25 heavy (non-hydrogen) atoms. The van der Waals surface area contributed by atoms with Crippen LogP contribution in [0.3, 0.4) is 0 Å². The topological polar surface area (TPSA) is 69.4 Å². The van der Waals surface area contributed by atoms with Crippen molar-refractivity contribution in [3.05, 3.63) is 30.4 Å². The standard InChI is InChI=1S/C19H26N4O2/c1-13(2)9-14(10-20-6)16-15-7-8-23(17(15)22-11-21-16)12-25-18(24)19(3,4)5/h7-11,13H,12H2,1-6H3/b14-9+,20-10?. The van der Waals surface area contributed by atoms with E-state index in [4.69, 9.17) is 4.74 Å². The number of hydrogen-bond acceptors (Lipinski definition) is 5. The molecule has 0 unspecified atom stereocenters. The van der Waals surface area contributed by atoms with Gasteiger partial charge in [-0.3, -0.25) is 14.4 Å². The Morgan fingerprint density at radius 3 is 2.68 bits per heavy atom. The summed E-state index contributed by atoms with van der Waals surface area (Å²) in [6.45, 7) is 9.84. The van der Waals surface area contributed by atoms with Crippen molar-refractivity contribution in [3.8, 4) is 0 Å². The number of rotatable bonds is 5. The Morgan fingerprint density at radius 2 is 2.08 bits per heavy atom. The lowest BCUT2D eigenvalue weighted by Gasteiger charge is -2.17. The number of aliphatic imine (C=N–C) groups is 1. The number of fused-ring (bicyclic) bond motifs is 1. The molecule has 2 aromatic rings. The summed E-state index contributed by atoms with van der Waals surface area (Å²) in [5.74, 6) is 0.120. The number of allylic oxidation sites excluding steroid dienone is 2. The van der Waals surface area contributed by atoms with Crippen molar-refractivity contribution in [2.75, 3.05) is 7.05 Å². The van der Waals surface area contributed by atoms with E-state index in [2.05, 4.69) is 34.9 Å². The molecule has 0 saturated heterocycles. The molecule has 6 nitrogen and oxygen atoms in total. The number of carbonyl (C=O) groups is 1. The predicted molar refractivity (Wildman–Crippen MR) is 100 cm³/mol. The highest BCUT2D eigenvalue weighted by molar-refractivity contribution is 6.13. The minimum absolute atomic E-state index is 0.126. The maximum Gasteiger partial charge on any atom is 0.312 e. The van der Waals surface area contributed by atoms with Crippen LogP contribution in [0.5, 0.6) is 0 Å². The van der Waals surface area contributed by atoms with E-state index in [0.717, 1.165) is 22.3 Å². The van der Waals surface area contributed by atoms with E-state index >= 15 is 0 Å². The SMILES string of the molecule is CN=C/C(=C\C(C)C)c1ncnc2c1ccn2COC(=O)C(C)(C)C. The zero-order valence-electron chi connectivity index (χ0n) is 15.8. The summed E-state index contributed by atoms with van der Waals surface area (Å²) in [5, 5.41) is 0.904. The Bertz CT molecular complexity index is 810. The Balaban J connectivity index is 2.38. The first-order chi connectivity index (χ1) is 11.7. The van der Waals surface area contributed by atoms with Gasteiger partial charge in [-0.1, -0.05) is 19.9 Å². The van der Waals surface area contributed by atoms with E-state index in [-0.39, 0.29) is 12.7 Å². The summed E-state index contributed by atoms with van der Waals surface area (Å²) in [5.41, 5.74) is 1.97. The van der Waals surface area contributed by atoms with Crippen LogP contribution in [0.25, 0.3) is 16.6 Å². The van der Waals surface area contributed by atoms with Crippen LogP contribution in [0.15, 0.2) is 29.7 Å². The van der Waals surface area contributed by atoms with Crippen LogP contribution in [0.1, 0.15) is 40.3 Å². The molecule has 0 N–H and O–H groups in total. The molecule has 2 heterocycles. The van der Waals surface area contributed by atoms with Crippen LogP contribution in [-0.4, -0.2) is 33.8 Å². The van der Waals surface area contributed by atoms with Gasteiger partial charge in [0.2, 0.25) is 0 Å². The smallest absolute Gasteiger partial charge is 0.312 e. The van der Waals surface area contributed by atoms with E-state index in [0.29, 0.717) is 5.92 Å². The van der Waals surface area contributed by atoms with Gasteiger partial charge < -0.3 is 4.74 Å². The van der Waals surface area contributed by atoms with Crippen molar-refractivity contribution in [1.82, 2.24) is 14.5 Å². The first kappa shape index (κ1) is 18.8. The first-order valence-electron chi connectivity index (χ1n) is 8.35. The fourth-order valence-corrected chi connectivity index (χ4v) is 2.36. The average molecular weight is 342 g/mol. The zero-order valence-corrected chi connectivity index (χ0v) is 15.8. The molecular weight excluding hydrogens is 316 g/mol. The van der Waals surface area contributed by atoms with Crippen molar-refractivity contribution in [1.29, 1.82) is 0 Å². The first-order valence-corrected chi connectivity index (χ1v) is 8.35. The molecule has 0 bridgehead atoms. The number of nitrogens with zero attached hydrogens (tertiary/aromatic N) is 4. The maximum atomic E-state index is 12.0. The molecule has 6 heteroatoms. The second-order valence-electron chi connectivity index (χ2n) is 7.31. The zero-order chi connectivity index (χ0) is 18.6. The summed E-state index contributed by atoms with van der Waals surface area (Å²) in [7, 11) is 1.74. The number of ether oxygens (including phenoxy) is 1. The molecule has 0 atom stereocenters. The van der Waals surface area contributed by atoms with Gasteiger partial charge in [-0.25, -0.2) is 9.97 Å². The van der Waals surface area contributed by atoms with Gasteiger partial charge in [0.15, 0.2) is 6.73 Å². The summed E-state index contributed by atoms with van der Waals surface area (Å²) in [6, 6.07) is 1.94.